The van der Waals surface area contributed by atoms with Crippen molar-refractivity contribution in [3.8, 4) is 0 Å². The molecule has 776 valence electrons. The minimum Gasteiger partial charge on any atom is -1.00 e. The van der Waals surface area contributed by atoms with Gasteiger partial charge in [0.2, 0.25) is 0 Å². The fourth-order valence-corrected chi connectivity index (χ4v) is 40.3. The first-order valence-electron chi connectivity index (χ1n) is 56.4. The molecule has 0 aromatic heterocycles. The summed E-state index contributed by atoms with van der Waals surface area (Å²) in [6.45, 7) is 45.7. The number of ketones is 2. The minimum atomic E-state index is -0.460. The van der Waals surface area contributed by atoms with Crippen LogP contribution < -0.4 is 18.9 Å². The minimum absolute atomic E-state index is 0. The number of aliphatic hydroxyl groups is 6. The van der Waals surface area contributed by atoms with Crippen LogP contribution in [0.3, 0.4) is 0 Å². The summed E-state index contributed by atoms with van der Waals surface area (Å²) in [5, 5.41) is 61.0. The van der Waals surface area contributed by atoms with Crippen molar-refractivity contribution >= 4 is 77.2 Å². The monoisotopic (exact) mass is 2010 g/mol. The van der Waals surface area contributed by atoms with Crippen molar-refractivity contribution < 1.29 is 70.0 Å². The second kappa shape index (κ2) is 47.5. The van der Waals surface area contributed by atoms with Gasteiger partial charge in [0, 0.05) is 32.2 Å². The molecule has 45 atom stereocenters. The Kier molecular flexibility index (Phi) is 41.0. The molecule has 0 aromatic rings. The number of ether oxygens (including phenoxy) is 2. The van der Waals surface area contributed by atoms with Crippen LogP contribution in [0.1, 0.15) is 411 Å². The number of halogens is 3. The van der Waals surface area contributed by atoms with E-state index in [1.807, 2.05) is 20.5 Å². The number of epoxide rings is 1. The molecule has 16 heteroatoms. The van der Waals surface area contributed by atoms with Gasteiger partial charge < -0.3 is 41.5 Å². The van der Waals surface area contributed by atoms with Crippen LogP contribution in [0.4, 0.5) is 0 Å². The Morgan fingerprint density at radius 3 is 1.04 bits per heavy atom. The first kappa shape index (κ1) is 116. The van der Waals surface area contributed by atoms with E-state index in [4.69, 9.17) is 39.1 Å². The molecule has 6 N–H and O–H groups in total. The average molecular weight is 2020 g/mol. The van der Waals surface area contributed by atoms with Crippen LogP contribution in [-0.4, -0.2) is 139 Å². The molecule has 135 heavy (non-hydrogen) atoms. The first-order valence-corrected chi connectivity index (χ1v) is 59.1. The first-order chi connectivity index (χ1) is 62.5. The maximum atomic E-state index is 12.5. The number of fused-ring (bicyclic) bond motifs is 25. The molecular formula is C119H210AlBrCl2LiO10P. The van der Waals surface area contributed by atoms with Gasteiger partial charge in [0.1, 0.15) is 11.6 Å². The quantitative estimate of drug-likeness (QED) is 0.0522. The Balaban J connectivity index is 0.000000184. The van der Waals surface area contributed by atoms with Crippen molar-refractivity contribution in [2.75, 3.05) is 44.3 Å². The van der Waals surface area contributed by atoms with Crippen molar-refractivity contribution in [1.82, 2.24) is 0 Å². The van der Waals surface area contributed by atoms with Crippen molar-refractivity contribution in [1.29, 1.82) is 1.28 Å². The number of rotatable bonds is 4. The van der Waals surface area contributed by atoms with Crippen LogP contribution in [-0.2, 0) is 19.1 Å². The predicted molar refractivity (Wildman–Crippen MR) is 574 cm³/mol. The van der Waals surface area contributed by atoms with Gasteiger partial charge in [-0.15, -0.1) is 32.4 Å². The van der Waals surface area contributed by atoms with Crippen LogP contribution >= 0.6 is 48.3 Å². The van der Waals surface area contributed by atoms with E-state index in [0.29, 0.717) is 89.4 Å². The second-order valence-electron chi connectivity index (χ2n) is 52.7. The van der Waals surface area contributed by atoms with Crippen molar-refractivity contribution in [3.05, 3.63) is 23.3 Å². The van der Waals surface area contributed by atoms with Gasteiger partial charge in [-0.2, -0.15) is 0 Å². The number of alkyl halides is 3. The summed E-state index contributed by atoms with van der Waals surface area (Å²) in [4.78, 5) is 24.7. The SMILES string of the molecule is C.C.C1CCOC1.CC(=O)[C@H]1CC[C@H]2[C@@H]3CC[C@H]4C[C@](C)(O)[C@@H](C)C[C@@H]4[C@H]3CC[C@]12C.CC(O)[C@H]1CC[C@H]2[C@@H]3CC[C@H]4C[C@](C)(O)[C@@H](C)C[C@@H]4[C@H]3CC[C@]12C.CC=C1CC[C@H]2[C@@H]3CC[C@H]4C[C@@]5(CO5)[C@@H](C)C[C@@H]4[C@H]3CC[C@]12C.CC=C1CC[C@H]2[C@@H]3CC[C@H]4C[C@](C)(O)[C@@H](C)C[C@@H]4[C@H]3CC[C@]12C.CO.C[C@H]1C[C@H]2[C@@H](CC[C@@H]3[C@@H]2CC[C@]2(C)[C@@H](C(=O)CBr)CC[C@@H]32)C[C@]1(C)O.ClCCl.[2H]PC.[AlH3].[H-].[Li+]. The molecule has 2 heterocycles. The topological polar surface area (TPSA) is 177 Å². The van der Waals surface area contributed by atoms with E-state index in [2.05, 4.69) is 139 Å². The van der Waals surface area contributed by atoms with E-state index in [-0.39, 0.29) is 74.8 Å². The van der Waals surface area contributed by atoms with Crippen LogP contribution in [0, 0.1) is 222 Å². The third-order valence-corrected chi connectivity index (χ3v) is 48.1. The number of carbonyl (C=O) groups excluding carboxylic acids is 2. The van der Waals surface area contributed by atoms with Gasteiger partial charge >= 0.3 is 18.9 Å². The molecule has 20 saturated carbocycles. The van der Waals surface area contributed by atoms with Crippen molar-refractivity contribution in [2.24, 2.45) is 222 Å². The molecular weight excluding hydrogens is 1810 g/mol. The molecule has 22 rings (SSSR count). The fraction of sp³-hybridized carbons (Fsp3) is 0.950. The number of allylic oxidation sites excluding steroid dienone is 4. The average Bonchev–Trinajstić information content (AvgIpc) is 1.59. The molecule has 22 aliphatic rings. The van der Waals surface area contributed by atoms with Crippen LogP contribution in [0.5, 0.6) is 0 Å². The normalized spacial score (nSPS) is 52.0. The summed E-state index contributed by atoms with van der Waals surface area (Å²) in [5.41, 5.74) is 4.13. The summed E-state index contributed by atoms with van der Waals surface area (Å²) < 4.78 is 17.1. The molecule has 2 aliphatic heterocycles. The van der Waals surface area contributed by atoms with Gasteiger partial charge in [-0.3, -0.25) is 9.59 Å². The smallest absolute Gasteiger partial charge is 1.00 e. The maximum absolute atomic E-state index is 12.5. The largest absolute Gasteiger partial charge is 1.00 e. The molecule has 0 amide bonds. The molecule has 2 unspecified atom stereocenters. The van der Waals surface area contributed by atoms with Gasteiger partial charge in [0.05, 0.1) is 52.7 Å². The zero-order valence-electron chi connectivity index (χ0n) is 90.0. The zero-order chi connectivity index (χ0) is 95.7. The Morgan fingerprint density at radius 1 is 0.452 bits per heavy atom. The number of hydrogen-bond donors (Lipinski definition) is 6. The Hall–Kier alpha value is 1.12. The van der Waals surface area contributed by atoms with E-state index in [9.17, 15) is 35.1 Å². The maximum Gasteiger partial charge on any atom is 1.00 e. The molecule has 1 spiro atoms. The number of Topliss-reactive ketones (excluding diaryl/α,β-unsaturated/α-hetero) is 2. The standard InChI is InChI=1S/C22H35BrO2.C22H38O2.C22H36O2.C22H34O.C22H36O.C4H8O.CH2Cl2.CH4O.CH5P.2CH4.Al.Li.4H/c1-13-10-17-14(11-22(13,3)25)4-5-16-15(17)8-9-21(2)18(16)6-7-19(21)20(24)12-23;2*1-13-11-18-15(12-22(13,4)24)5-6-17-16(18)9-10-21(3)19(14(2)23)7-8-20(17)21;1-4-16-6-8-20-18-7-5-15-12-22(13-23-22)14(2)11-19(15)17(18)9-10-21(16,20)3;1-5-16-7-9-20-18-8-6-15-13-22(4,23)14(2)12-19(15)17(18)10-11-21(16,20)3;1-2-4-5-3-1;2-1-3;2*1-2;;;;;;;;/h13-19,25H,4-12H2,1-3H3;13-20,23-24H,5-12H2,1-4H3;13,15-20,24H,5-12H2,1-4H3;4,14-15,17-20H,5-13H2,1-3H3;5,14-15,17-20,23H,6-13H2,1-4H3;1-4H2;1H2;2H,1H3;2H2,1H3;2*1H4;;;;;;/q;;;;;;;;;;;;+1;;;;-1/t13-,14-,15-,16+,17-,18-,19+,21-,22-;13-,14?,15-,16-,17+,18-,19+,20-,21+,22-;13-,15-,16-,17+,18-,19+,20-,21+,22-;14-,15-,17-,18+,19-,20-,21+,22+;14-,15-,17-,18+,19-,20-,21+,22-;;;;;;;;;;;;/m00000............/s1/i;;;;;;;;2D;;;;;;;;. The van der Waals surface area contributed by atoms with E-state index in [0.717, 1.165) is 219 Å². The van der Waals surface area contributed by atoms with E-state index in [1.165, 1.54) is 231 Å². The molecule has 22 fully saturated rings. The second-order valence-corrected chi connectivity index (χ2v) is 54.1. The van der Waals surface area contributed by atoms with Crippen LogP contribution in [0.15, 0.2) is 23.3 Å². The van der Waals surface area contributed by atoms with Crippen LogP contribution in [0.2, 0.25) is 0 Å². The summed E-state index contributed by atoms with van der Waals surface area (Å²) in [6, 6.07) is 0. The van der Waals surface area contributed by atoms with Gasteiger partial charge in [-0.05, 0) is 536 Å². The Morgan fingerprint density at radius 2 is 0.741 bits per heavy atom. The fourth-order valence-electron chi connectivity index (χ4n) is 39.9. The number of aliphatic hydroxyl groups excluding tert-OH is 2. The van der Waals surface area contributed by atoms with E-state index in [1.54, 1.807) is 11.1 Å². The predicted octanol–water partition coefficient (Wildman–Crippen LogP) is 25.4. The summed E-state index contributed by atoms with van der Waals surface area (Å²) >= 11 is 13.0. The summed E-state index contributed by atoms with van der Waals surface area (Å²) in [6.07, 6.45) is 59.9. The Bertz CT molecular complexity index is 3770. The van der Waals surface area contributed by atoms with Crippen molar-refractivity contribution in [2.45, 2.75) is 443 Å². The van der Waals surface area contributed by atoms with Crippen molar-refractivity contribution in [3.63, 3.8) is 0 Å². The Labute approximate surface area is 874 Å². The van der Waals surface area contributed by atoms with Gasteiger partial charge in [-0.1, -0.05) is 130 Å². The molecule has 20 aliphatic carbocycles. The summed E-state index contributed by atoms with van der Waals surface area (Å²) in [7, 11) is 1.33. The molecule has 10 nitrogen and oxygen atoms in total. The summed E-state index contributed by atoms with van der Waals surface area (Å²) in [5.74, 6) is 26.6. The van der Waals surface area contributed by atoms with E-state index < -0.39 is 22.4 Å². The van der Waals surface area contributed by atoms with Gasteiger partial charge in [0.25, 0.3) is 0 Å². The van der Waals surface area contributed by atoms with Gasteiger partial charge in [-0.25, -0.2) is 0 Å². The molecule has 0 bridgehead atoms. The van der Waals surface area contributed by atoms with Gasteiger partial charge in [0.15, 0.2) is 17.4 Å². The third-order valence-electron chi connectivity index (χ3n) is 47.6. The zero-order valence-corrected chi connectivity index (χ0v) is 92.1. The third kappa shape index (κ3) is 22.8. The van der Waals surface area contributed by atoms with Crippen LogP contribution in [0.25, 0.3) is 0 Å². The molecule has 0 radical (unpaired) electrons. The number of carbonyl (C=O) groups is 2. The molecule has 0 aromatic carbocycles. The molecule has 2 saturated heterocycles. The number of hydrogen-bond acceptors (Lipinski definition) is 10. The van der Waals surface area contributed by atoms with E-state index >= 15 is 0 Å².